The van der Waals surface area contributed by atoms with Crippen LogP contribution in [0.5, 0.6) is 0 Å². The van der Waals surface area contributed by atoms with Crippen LogP contribution < -0.4 is 5.32 Å². The molecule has 0 radical (unpaired) electrons. The van der Waals surface area contributed by atoms with Crippen molar-refractivity contribution in [3.63, 3.8) is 0 Å². The maximum atomic E-state index is 5.78. The minimum atomic E-state index is 0.339. The molecule has 1 heterocycles. The lowest BCUT2D eigenvalue weighted by atomic mass is 10.1. The highest BCUT2D eigenvalue weighted by molar-refractivity contribution is 5.93. The number of morpholine rings is 1. The molecule has 1 aliphatic heterocycles. The van der Waals surface area contributed by atoms with Gasteiger partial charge in [0.15, 0.2) is 0 Å². The van der Waals surface area contributed by atoms with Crippen LogP contribution in [0.3, 0.4) is 0 Å². The van der Waals surface area contributed by atoms with Crippen molar-refractivity contribution in [1.29, 1.82) is 0 Å². The standard InChI is InChI=1S/C18H24N2O/c1-14-12-20(13-15(2)21-14)11-10-19-18-9-5-7-16-6-3-4-8-17(16)18/h3-9,14-15,19H,10-13H2,1-2H3/t14-,15+. The highest BCUT2D eigenvalue weighted by atomic mass is 16.5. The Morgan fingerprint density at radius 2 is 1.76 bits per heavy atom. The van der Waals surface area contributed by atoms with Gasteiger partial charge in [-0.25, -0.2) is 0 Å². The highest BCUT2D eigenvalue weighted by Crippen LogP contribution is 2.22. The zero-order chi connectivity index (χ0) is 14.7. The smallest absolute Gasteiger partial charge is 0.0678 e. The number of benzene rings is 2. The van der Waals surface area contributed by atoms with Gasteiger partial charge in [0.25, 0.3) is 0 Å². The van der Waals surface area contributed by atoms with Crippen LogP contribution in [0.4, 0.5) is 5.69 Å². The Labute approximate surface area is 126 Å². The van der Waals surface area contributed by atoms with Crippen LogP contribution in [0, 0.1) is 0 Å². The Kier molecular flexibility index (Phi) is 4.42. The van der Waals surface area contributed by atoms with Crippen LogP contribution in [0.15, 0.2) is 42.5 Å². The second-order valence-electron chi connectivity index (χ2n) is 5.97. The molecule has 1 fully saturated rings. The summed E-state index contributed by atoms with van der Waals surface area (Å²) < 4.78 is 5.78. The first-order valence-electron chi connectivity index (χ1n) is 7.82. The van der Waals surface area contributed by atoms with Crippen LogP contribution in [0.25, 0.3) is 10.8 Å². The molecule has 3 heteroatoms. The van der Waals surface area contributed by atoms with E-state index in [0.717, 1.165) is 26.2 Å². The Morgan fingerprint density at radius 1 is 1.05 bits per heavy atom. The van der Waals surface area contributed by atoms with E-state index in [0.29, 0.717) is 12.2 Å². The van der Waals surface area contributed by atoms with E-state index in [4.69, 9.17) is 4.74 Å². The molecule has 3 nitrogen and oxygen atoms in total. The van der Waals surface area contributed by atoms with Gasteiger partial charge >= 0.3 is 0 Å². The van der Waals surface area contributed by atoms with Gasteiger partial charge in [-0.3, -0.25) is 4.90 Å². The first-order chi connectivity index (χ1) is 10.2. The van der Waals surface area contributed by atoms with Gasteiger partial charge in [-0.1, -0.05) is 36.4 Å². The van der Waals surface area contributed by atoms with Crippen LogP contribution in [0.1, 0.15) is 13.8 Å². The first kappa shape index (κ1) is 14.4. The lowest BCUT2D eigenvalue weighted by molar-refractivity contribution is -0.0667. The fourth-order valence-electron chi connectivity index (χ4n) is 3.20. The van der Waals surface area contributed by atoms with Crippen molar-refractivity contribution in [1.82, 2.24) is 4.90 Å². The van der Waals surface area contributed by atoms with Gasteiger partial charge in [-0.05, 0) is 25.3 Å². The number of ether oxygens (including phenoxy) is 1. The zero-order valence-corrected chi connectivity index (χ0v) is 12.9. The van der Waals surface area contributed by atoms with Crippen LogP contribution in [-0.4, -0.2) is 43.3 Å². The number of hydrogen-bond acceptors (Lipinski definition) is 3. The van der Waals surface area contributed by atoms with E-state index in [9.17, 15) is 0 Å². The number of nitrogens with one attached hydrogen (secondary N) is 1. The summed E-state index contributed by atoms with van der Waals surface area (Å²) in [6, 6.07) is 15.0. The highest BCUT2D eigenvalue weighted by Gasteiger charge is 2.21. The fraction of sp³-hybridized carbons (Fsp3) is 0.444. The van der Waals surface area contributed by atoms with Crippen molar-refractivity contribution in [2.75, 3.05) is 31.5 Å². The fourth-order valence-corrected chi connectivity index (χ4v) is 3.20. The molecule has 1 N–H and O–H groups in total. The van der Waals surface area contributed by atoms with Gasteiger partial charge in [0.1, 0.15) is 0 Å². The van der Waals surface area contributed by atoms with Crippen LogP contribution in [-0.2, 0) is 4.74 Å². The molecule has 2 aromatic rings. The van der Waals surface area contributed by atoms with Crippen molar-refractivity contribution >= 4 is 16.5 Å². The summed E-state index contributed by atoms with van der Waals surface area (Å²) in [6.07, 6.45) is 0.678. The average molecular weight is 284 g/mol. The molecule has 0 aromatic heterocycles. The second kappa shape index (κ2) is 6.46. The maximum Gasteiger partial charge on any atom is 0.0678 e. The van der Waals surface area contributed by atoms with E-state index in [1.54, 1.807) is 0 Å². The molecule has 1 saturated heterocycles. The lowest BCUT2D eigenvalue weighted by Gasteiger charge is -2.35. The quantitative estimate of drug-likeness (QED) is 0.931. The molecule has 112 valence electrons. The number of fused-ring (bicyclic) bond motifs is 1. The Balaban J connectivity index is 1.59. The molecule has 0 unspecified atom stereocenters. The van der Waals surface area contributed by atoms with Crippen molar-refractivity contribution in [2.24, 2.45) is 0 Å². The number of hydrogen-bond donors (Lipinski definition) is 1. The molecule has 2 atom stereocenters. The molecule has 0 bridgehead atoms. The third-order valence-corrected chi connectivity index (χ3v) is 4.03. The minimum absolute atomic E-state index is 0.339. The predicted octanol–water partition coefficient (Wildman–Crippen LogP) is 3.36. The molecular weight excluding hydrogens is 260 g/mol. The first-order valence-corrected chi connectivity index (χ1v) is 7.82. The summed E-state index contributed by atoms with van der Waals surface area (Å²) in [4.78, 5) is 2.48. The Hall–Kier alpha value is -1.58. The van der Waals surface area contributed by atoms with Gasteiger partial charge < -0.3 is 10.1 Å². The normalized spacial score (nSPS) is 23.3. The van der Waals surface area contributed by atoms with E-state index in [1.165, 1.54) is 16.5 Å². The lowest BCUT2D eigenvalue weighted by Crippen LogP contribution is -2.46. The van der Waals surface area contributed by atoms with Crippen molar-refractivity contribution < 1.29 is 4.74 Å². The number of anilines is 1. The van der Waals surface area contributed by atoms with E-state index < -0.39 is 0 Å². The third-order valence-electron chi connectivity index (χ3n) is 4.03. The van der Waals surface area contributed by atoms with Crippen molar-refractivity contribution in [2.45, 2.75) is 26.1 Å². The predicted molar refractivity (Wildman–Crippen MR) is 88.9 cm³/mol. The molecule has 0 spiro atoms. The van der Waals surface area contributed by atoms with Gasteiger partial charge in [0.2, 0.25) is 0 Å². The van der Waals surface area contributed by atoms with E-state index >= 15 is 0 Å². The molecule has 2 aromatic carbocycles. The molecule has 1 aliphatic rings. The molecule has 0 aliphatic carbocycles. The van der Waals surface area contributed by atoms with Crippen LogP contribution in [0.2, 0.25) is 0 Å². The number of rotatable bonds is 4. The topological polar surface area (TPSA) is 24.5 Å². The summed E-state index contributed by atoms with van der Waals surface area (Å²) in [6.45, 7) is 8.39. The summed E-state index contributed by atoms with van der Waals surface area (Å²) in [7, 11) is 0. The van der Waals surface area contributed by atoms with Gasteiger partial charge in [0.05, 0.1) is 12.2 Å². The summed E-state index contributed by atoms with van der Waals surface area (Å²) in [5.41, 5.74) is 1.22. The molecule has 0 saturated carbocycles. The van der Waals surface area contributed by atoms with Crippen LogP contribution >= 0.6 is 0 Å². The van der Waals surface area contributed by atoms with E-state index in [2.05, 4.69) is 66.5 Å². The second-order valence-corrected chi connectivity index (χ2v) is 5.97. The van der Waals surface area contributed by atoms with E-state index in [1.807, 2.05) is 0 Å². The molecule has 21 heavy (non-hydrogen) atoms. The van der Waals surface area contributed by atoms with Gasteiger partial charge in [0, 0.05) is 37.3 Å². The van der Waals surface area contributed by atoms with Crippen molar-refractivity contribution in [3.05, 3.63) is 42.5 Å². The zero-order valence-electron chi connectivity index (χ0n) is 12.9. The summed E-state index contributed by atoms with van der Waals surface area (Å²) >= 11 is 0. The van der Waals surface area contributed by atoms with Gasteiger partial charge in [-0.2, -0.15) is 0 Å². The molecule has 3 rings (SSSR count). The molecular formula is C18H24N2O. The van der Waals surface area contributed by atoms with Gasteiger partial charge in [-0.15, -0.1) is 0 Å². The molecule has 0 amide bonds. The largest absolute Gasteiger partial charge is 0.383 e. The monoisotopic (exact) mass is 284 g/mol. The Morgan fingerprint density at radius 3 is 2.57 bits per heavy atom. The van der Waals surface area contributed by atoms with E-state index in [-0.39, 0.29) is 0 Å². The van der Waals surface area contributed by atoms with Crippen molar-refractivity contribution in [3.8, 4) is 0 Å². The average Bonchev–Trinajstić information content (AvgIpc) is 2.46. The SMILES string of the molecule is C[C@@H]1CN(CCNc2cccc3ccccc23)C[C@H](C)O1. The summed E-state index contributed by atoms with van der Waals surface area (Å²) in [5.74, 6) is 0. The minimum Gasteiger partial charge on any atom is -0.383 e. The number of nitrogens with zero attached hydrogens (tertiary/aromatic N) is 1. The third kappa shape index (κ3) is 3.55. The summed E-state index contributed by atoms with van der Waals surface area (Å²) in [5, 5.41) is 6.17. The Bertz CT molecular complexity index is 583. The maximum absolute atomic E-state index is 5.78.